The summed E-state index contributed by atoms with van der Waals surface area (Å²) in [5, 5.41) is 0. The van der Waals surface area contributed by atoms with E-state index in [1.165, 1.54) is 24.3 Å². The average Bonchev–Trinajstić information content (AvgIpc) is 3.45. The van der Waals surface area contributed by atoms with Gasteiger partial charge < -0.3 is 4.74 Å². The fraction of sp³-hybridized carbons (Fsp3) is 0.158. The smallest absolute Gasteiger partial charge is 0.325 e. The van der Waals surface area contributed by atoms with E-state index >= 15 is 8.78 Å². The molecule has 1 aliphatic heterocycles. The van der Waals surface area contributed by atoms with Gasteiger partial charge in [0, 0.05) is 17.2 Å². The van der Waals surface area contributed by atoms with Crippen molar-refractivity contribution < 1.29 is 26.7 Å². The molecule has 1 saturated heterocycles. The van der Waals surface area contributed by atoms with Crippen molar-refractivity contribution in [3.05, 3.63) is 83.6 Å². The lowest BCUT2D eigenvalue weighted by Gasteiger charge is -2.24. The minimum Gasteiger partial charge on any atom is -0.357 e. The maximum atomic E-state index is 15.0. The number of halogens is 5. The molecular weight excluding hydrogens is 367 g/mol. The molecule has 1 unspecified atom stereocenters. The molecule has 0 spiro atoms. The van der Waals surface area contributed by atoms with Gasteiger partial charge in [-0.2, -0.15) is 8.78 Å². The third-order valence-electron chi connectivity index (χ3n) is 4.42. The average molecular weight is 378 g/mol. The summed E-state index contributed by atoms with van der Waals surface area (Å²) in [6, 6.07) is 7.66. The number of nitrogens with zero attached hydrogens (tertiary/aromatic N) is 2. The van der Waals surface area contributed by atoms with Gasteiger partial charge in [-0.05, 0) is 36.4 Å². The van der Waals surface area contributed by atoms with Crippen LogP contribution in [-0.2, 0) is 16.3 Å². The van der Waals surface area contributed by atoms with Crippen molar-refractivity contribution in [1.29, 1.82) is 0 Å². The third kappa shape index (κ3) is 2.86. The van der Waals surface area contributed by atoms with Crippen LogP contribution in [0.1, 0.15) is 11.3 Å². The standard InChI is InChI=1S/C19H11F5N2O/c20-12-3-1-11(2-4-12)16-8-26-17(9-25-16)19(23,24)18(10-27-18)14-6-5-13(21)7-15(14)22/h1-9H,10H2. The first-order valence-electron chi connectivity index (χ1n) is 7.89. The minimum absolute atomic E-state index is 0.272. The summed E-state index contributed by atoms with van der Waals surface area (Å²) < 4.78 is 75.1. The van der Waals surface area contributed by atoms with Crippen molar-refractivity contribution in [1.82, 2.24) is 9.97 Å². The predicted octanol–water partition coefficient (Wildman–Crippen LogP) is 4.58. The number of alkyl halides is 2. The van der Waals surface area contributed by atoms with E-state index in [1.807, 2.05) is 0 Å². The molecule has 0 aliphatic carbocycles. The molecule has 3 nitrogen and oxygen atoms in total. The van der Waals surface area contributed by atoms with E-state index in [-0.39, 0.29) is 5.69 Å². The van der Waals surface area contributed by atoms with Crippen LogP contribution in [0.3, 0.4) is 0 Å². The van der Waals surface area contributed by atoms with E-state index in [0.29, 0.717) is 11.6 Å². The monoisotopic (exact) mass is 378 g/mol. The summed E-state index contributed by atoms with van der Waals surface area (Å²) in [5.74, 6) is -6.13. The zero-order chi connectivity index (χ0) is 19.2. The van der Waals surface area contributed by atoms with Crippen molar-refractivity contribution in [3.8, 4) is 11.3 Å². The Kier molecular flexibility index (Phi) is 3.96. The quantitative estimate of drug-likeness (QED) is 0.493. The van der Waals surface area contributed by atoms with Crippen LogP contribution in [0.5, 0.6) is 0 Å². The summed E-state index contributed by atoms with van der Waals surface area (Å²) in [6.07, 6.45) is 1.98. The molecule has 2 heterocycles. The Morgan fingerprint density at radius 2 is 1.56 bits per heavy atom. The highest BCUT2D eigenvalue weighted by Gasteiger charge is 2.68. The van der Waals surface area contributed by atoms with E-state index in [4.69, 9.17) is 4.74 Å². The molecule has 138 valence electrons. The zero-order valence-electron chi connectivity index (χ0n) is 13.6. The van der Waals surface area contributed by atoms with Gasteiger partial charge in [0.2, 0.25) is 0 Å². The van der Waals surface area contributed by atoms with Gasteiger partial charge in [-0.1, -0.05) is 0 Å². The molecule has 27 heavy (non-hydrogen) atoms. The Balaban J connectivity index is 1.68. The second-order valence-electron chi connectivity index (χ2n) is 6.11. The lowest BCUT2D eigenvalue weighted by atomic mass is 9.90. The summed E-state index contributed by atoms with van der Waals surface area (Å²) in [7, 11) is 0. The van der Waals surface area contributed by atoms with E-state index in [9.17, 15) is 13.2 Å². The highest BCUT2D eigenvalue weighted by molar-refractivity contribution is 5.57. The molecule has 1 atom stereocenters. The Bertz CT molecular complexity index is 986. The minimum atomic E-state index is -3.69. The molecule has 0 bridgehead atoms. The van der Waals surface area contributed by atoms with Gasteiger partial charge in [0.1, 0.15) is 23.1 Å². The highest BCUT2D eigenvalue weighted by Crippen LogP contribution is 2.56. The second kappa shape index (κ2) is 6.09. The first-order chi connectivity index (χ1) is 12.8. The van der Waals surface area contributed by atoms with Gasteiger partial charge in [-0.15, -0.1) is 0 Å². The normalized spacial score (nSPS) is 19.1. The number of ether oxygens (including phenoxy) is 1. The molecule has 8 heteroatoms. The van der Waals surface area contributed by atoms with Crippen LogP contribution in [0, 0.1) is 17.5 Å². The summed E-state index contributed by atoms with van der Waals surface area (Å²) in [5.41, 5.74) is -2.64. The SMILES string of the molecule is Fc1ccc(-c2cnc(C(F)(F)C3(c4ccc(F)cc4F)CO3)cn2)cc1. The molecule has 3 aromatic rings. The van der Waals surface area contributed by atoms with Gasteiger partial charge >= 0.3 is 5.92 Å². The Hall–Kier alpha value is -2.87. The molecule has 2 aromatic carbocycles. The topological polar surface area (TPSA) is 38.3 Å². The van der Waals surface area contributed by atoms with E-state index in [1.54, 1.807) is 0 Å². The third-order valence-corrected chi connectivity index (χ3v) is 4.42. The Morgan fingerprint density at radius 1 is 0.889 bits per heavy atom. The number of hydrogen-bond donors (Lipinski definition) is 0. The maximum Gasteiger partial charge on any atom is 0.325 e. The fourth-order valence-corrected chi connectivity index (χ4v) is 2.86. The molecule has 0 saturated carbocycles. The van der Waals surface area contributed by atoms with Crippen LogP contribution < -0.4 is 0 Å². The molecule has 1 aliphatic rings. The van der Waals surface area contributed by atoms with Crippen LogP contribution >= 0.6 is 0 Å². The van der Waals surface area contributed by atoms with Crippen LogP contribution in [0.4, 0.5) is 22.0 Å². The van der Waals surface area contributed by atoms with Crippen molar-refractivity contribution >= 4 is 0 Å². The van der Waals surface area contributed by atoms with Gasteiger partial charge in [-0.3, -0.25) is 9.97 Å². The second-order valence-corrected chi connectivity index (χ2v) is 6.11. The van der Waals surface area contributed by atoms with Crippen LogP contribution in [0.2, 0.25) is 0 Å². The van der Waals surface area contributed by atoms with Crippen LogP contribution in [0.15, 0.2) is 54.9 Å². The van der Waals surface area contributed by atoms with Crippen molar-refractivity contribution in [3.63, 3.8) is 0 Å². The maximum absolute atomic E-state index is 15.0. The van der Waals surface area contributed by atoms with Crippen molar-refractivity contribution in [2.75, 3.05) is 6.61 Å². The van der Waals surface area contributed by atoms with E-state index < -0.39 is 46.8 Å². The highest BCUT2D eigenvalue weighted by atomic mass is 19.3. The van der Waals surface area contributed by atoms with Gasteiger partial charge in [0.05, 0.1) is 24.7 Å². The van der Waals surface area contributed by atoms with Crippen molar-refractivity contribution in [2.45, 2.75) is 11.5 Å². The summed E-state index contributed by atoms with van der Waals surface area (Å²) in [4.78, 5) is 7.69. The predicted molar refractivity (Wildman–Crippen MR) is 85.3 cm³/mol. The first-order valence-corrected chi connectivity index (χ1v) is 7.89. The molecule has 0 N–H and O–H groups in total. The Morgan fingerprint density at radius 3 is 2.11 bits per heavy atom. The van der Waals surface area contributed by atoms with Crippen LogP contribution in [0.25, 0.3) is 11.3 Å². The molecule has 1 aromatic heterocycles. The van der Waals surface area contributed by atoms with Gasteiger partial charge in [0.15, 0.2) is 5.60 Å². The summed E-state index contributed by atoms with van der Waals surface area (Å²) in [6.45, 7) is -0.441. The number of hydrogen-bond acceptors (Lipinski definition) is 3. The Labute approximate surface area is 150 Å². The first kappa shape index (κ1) is 17.5. The lowest BCUT2D eigenvalue weighted by Crippen LogP contribution is -2.34. The van der Waals surface area contributed by atoms with Crippen molar-refractivity contribution in [2.24, 2.45) is 0 Å². The molecule has 0 amide bonds. The molecular formula is C19H11F5N2O. The van der Waals surface area contributed by atoms with Gasteiger partial charge in [0.25, 0.3) is 0 Å². The number of aromatic nitrogens is 2. The number of benzene rings is 2. The van der Waals surface area contributed by atoms with E-state index in [2.05, 4.69) is 9.97 Å². The fourth-order valence-electron chi connectivity index (χ4n) is 2.86. The largest absolute Gasteiger partial charge is 0.357 e. The number of epoxide rings is 1. The molecule has 0 radical (unpaired) electrons. The van der Waals surface area contributed by atoms with Crippen LogP contribution in [-0.4, -0.2) is 16.6 Å². The molecule has 4 rings (SSSR count). The zero-order valence-corrected chi connectivity index (χ0v) is 13.6. The number of rotatable bonds is 4. The van der Waals surface area contributed by atoms with Gasteiger partial charge in [-0.25, -0.2) is 13.2 Å². The molecule has 1 fully saturated rings. The summed E-state index contributed by atoms with van der Waals surface area (Å²) >= 11 is 0. The van der Waals surface area contributed by atoms with E-state index in [0.717, 1.165) is 24.5 Å². The lowest BCUT2D eigenvalue weighted by molar-refractivity contribution is -0.0904.